The number of amides is 2. The Morgan fingerprint density at radius 3 is 2.68 bits per heavy atom. The molecule has 4 N–H and O–H groups in total. The number of nitrogens with zero attached hydrogens (tertiary/aromatic N) is 2. The van der Waals surface area contributed by atoms with Gasteiger partial charge in [-0.3, -0.25) is 19.3 Å². The number of rotatable bonds is 6. The molecule has 0 radical (unpaired) electrons. The topological polar surface area (TPSA) is 143 Å². The van der Waals surface area contributed by atoms with Crippen molar-refractivity contribution >= 4 is 41.2 Å². The van der Waals surface area contributed by atoms with Crippen molar-refractivity contribution in [3.8, 4) is 0 Å². The molecule has 28 heavy (non-hydrogen) atoms. The lowest BCUT2D eigenvalue weighted by atomic mass is 10.0. The minimum Gasteiger partial charge on any atom is -0.477 e. The second kappa shape index (κ2) is 7.89. The van der Waals surface area contributed by atoms with Gasteiger partial charge in [0.2, 0.25) is 6.54 Å². The van der Waals surface area contributed by atoms with Crippen molar-refractivity contribution in [2.45, 2.75) is 24.9 Å². The minimum atomic E-state index is -1.27. The fourth-order valence-electron chi connectivity index (χ4n) is 2.94. The van der Waals surface area contributed by atoms with E-state index in [9.17, 15) is 24.3 Å². The third-order valence-corrected chi connectivity index (χ3v) is 5.60. The first-order chi connectivity index (χ1) is 13.3. The van der Waals surface area contributed by atoms with E-state index in [4.69, 9.17) is 10.5 Å². The third-order valence-electron chi connectivity index (χ3n) is 4.26. The summed E-state index contributed by atoms with van der Waals surface area (Å²) in [6.07, 6.45) is 3.29. The number of nitrogen functional groups attached to an aromatic ring is 1. The summed E-state index contributed by atoms with van der Waals surface area (Å²) in [4.78, 5) is 48.5. The number of anilines is 1. The second-order valence-corrected chi connectivity index (χ2v) is 7.40. The minimum absolute atomic E-state index is 0.000769. The van der Waals surface area contributed by atoms with E-state index >= 15 is 0 Å². The maximum Gasteiger partial charge on any atom is 0.352 e. The van der Waals surface area contributed by atoms with Crippen LogP contribution >= 0.6 is 11.8 Å². The normalized spacial score (nSPS) is 20.9. The van der Waals surface area contributed by atoms with Crippen LogP contribution in [0.15, 0.2) is 35.8 Å². The molecule has 2 amide bonds. The maximum absolute atomic E-state index is 12.5. The van der Waals surface area contributed by atoms with Gasteiger partial charge in [-0.05, 0) is 0 Å². The molecule has 1 saturated heterocycles. The van der Waals surface area contributed by atoms with Crippen LogP contribution in [-0.4, -0.2) is 57.5 Å². The molecule has 1 fully saturated rings. The van der Waals surface area contributed by atoms with Crippen LogP contribution in [0.4, 0.5) is 5.69 Å². The standard InChI is InChI=1S/C17H18N4O6S/c1-9(22)27-7-10-8-28-16-13(15(24)21(16)14(10)17(25)26)19-12(23)6-20-4-2-11(18)3-5-20/h2-5,13,16,18H,6-8H2,1H3,(H2,19,23,25,26)/p+1. The van der Waals surface area contributed by atoms with E-state index in [1.54, 1.807) is 29.1 Å². The van der Waals surface area contributed by atoms with Gasteiger partial charge in [-0.2, -0.15) is 4.57 Å². The molecule has 2 aliphatic heterocycles. The summed E-state index contributed by atoms with van der Waals surface area (Å²) in [5.41, 5.74) is 6.33. The van der Waals surface area contributed by atoms with Crippen LogP contribution in [0, 0.1) is 0 Å². The molecule has 2 aliphatic rings. The summed E-state index contributed by atoms with van der Waals surface area (Å²) < 4.78 is 6.49. The van der Waals surface area contributed by atoms with E-state index in [0.29, 0.717) is 11.3 Å². The lowest BCUT2D eigenvalue weighted by Gasteiger charge is -2.49. The molecule has 0 spiro atoms. The second-order valence-electron chi connectivity index (χ2n) is 6.30. The van der Waals surface area contributed by atoms with Crippen molar-refractivity contribution in [3.05, 3.63) is 35.8 Å². The van der Waals surface area contributed by atoms with Gasteiger partial charge in [0.25, 0.3) is 11.8 Å². The first kappa shape index (κ1) is 19.7. The largest absolute Gasteiger partial charge is 0.477 e. The molecule has 148 valence electrons. The van der Waals surface area contributed by atoms with E-state index in [0.717, 1.165) is 4.90 Å². The molecule has 3 rings (SSSR count). The Morgan fingerprint density at radius 2 is 2.07 bits per heavy atom. The molecule has 2 atom stereocenters. The van der Waals surface area contributed by atoms with Crippen molar-refractivity contribution in [1.29, 1.82) is 0 Å². The Labute approximate surface area is 164 Å². The fraction of sp³-hybridized carbons (Fsp3) is 0.353. The van der Waals surface area contributed by atoms with Crippen LogP contribution < -0.4 is 15.6 Å². The predicted octanol–water partition coefficient (Wildman–Crippen LogP) is -1.14. The van der Waals surface area contributed by atoms with Gasteiger partial charge in [-0.15, -0.1) is 11.8 Å². The van der Waals surface area contributed by atoms with Crippen molar-refractivity contribution in [3.63, 3.8) is 0 Å². The maximum atomic E-state index is 12.5. The lowest BCUT2D eigenvalue weighted by Crippen LogP contribution is -2.71. The number of esters is 1. The van der Waals surface area contributed by atoms with Crippen molar-refractivity contribution in [1.82, 2.24) is 10.2 Å². The molecule has 0 aliphatic carbocycles. The SMILES string of the molecule is CC(=O)OCC1=C(C(=O)O)N2C(=O)C(NC(=O)C[n+]3ccc(N)cc3)C2SC1. The number of fused-ring (bicyclic) bond motifs is 1. The Hall–Kier alpha value is -3.08. The van der Waals surface area contributed by atoms with Crippen molar-refractivity contribution < 1.29 is 33.6 Å². The Kier molecular flexibility index (Phi) is 5.54. The molecule has 10 nitrogen and oxygen atoms in total. The summed E-state index contributed by atoms with van der Waals surface area (Å²) >= 11 is 1.31. The van der Waals surface area contributed by atoms with Gasteiger partial charge >= 0.3 is 11.9 Å². The molecule has 3 heterocycles. The van der Waals surface area contributed by atoms with Gasteiger partial charge in [0.1, 0.15) is 23.7 Å². The molecular formula is C17H19N4O6S+. The first-order valence-corrected chi connectivity index (χ1v) is 9.40. The van der Waals surface area contributed by atoms with Crippen LogP contribution in [0.5, 0.6) is 0 Å². The number of hydrogen-bond donors (Lipinski definition) is 3. The van der Waals surface area contributed by atoms with E-state index in [2.05, 4.69) is 5.32 Å². The van der Waals surface area contributed by atoms with Crippen LogP contribution in [0.3, 0.4) is 0 Å². The van der Waals surface area contributed by atoms with Gasteiger partial charge in [0.15, 0.2) is 12.4 Å². The molecule has 1 aromatic rings. The van der Waals surface area contributed by atoms with E-state index in [1.165, 1.54) is 18.7 Å². The summed E-state index contributed by atoms with van der Waals surface area (Å²) in [5.74, 6) is -2.42. The number of nitrogens with one attached hydrogen (secondary N) is 1. The third kappa shape index (κ3) is 3.93. The summed E-state index contributed by atoms with van der Waals surface area (Å²) in [6, 6.07) is 2.49. The summed E-state index contributed by atoms with van der Waals surface area (Å²) in [6.45, 7) is 1.03. The number of β-lactam (4-membered cyclic amide) rings is 1. The van der Waals surface area contributed by atoms with Gasteiger partial charge < -0.3 is 20.9 Å². The number of hydrogen-bond acceptors (Lipinski definition) is 7. The van der Waals surface area contributed by atoms with Crippen LogP contribution in [0.2, 0.25) is 0 Å². The number of nitrogens with two attached hydrogens (primary N) is 1. The highest BCUT2D eigenvalue weighted by molar-refractivity contribution is 8.00. The van der Waals surface area contributed by atoms with Gasteiger partial charge in [0, 0.05) is 36.1 Å². The van der Waals surface area contributed by atoms with Gasteiger partial charge in [-0.25, -0.2) is 4.79 Å². The molecule has 2 unspecified atom stereocenters. The molecule has 0 saturated carbocycles. The number of carbonyl (C=O) groups excluding carboxylic acids is 3. The molecule has 0 aromatic carbocycles. The molecule has 0 bridgehead atoms. The van der Waals surface area contributed by atoms with Gasteiger partial charge in [0.05, 0.1) is 0 Å². The van der Waals surface area contributed by atoms with Crippen molar-refractivity contribution in [2.24, 2.45) is 0 Å². The zero-order chi connectivity index (χ0) is 20.4. The Bertz CT molecular complexity index is 869. The van der Waals surface area contributed by atoms with E-state index < -0.39 is 29.3 Å². The highest BCUT2D eigenvalue weighted by atomic mass is 32.2. The number of aliphatic carboxylic acids is 1. The Balaban J connectivity index is 1.67. The van der Waals surface area contributed by atoms with E-state index in [-0.39, 0.29) is 30.5 Å². The Morgan fingerprint density at radius 1 is 1.39 bits per heavy atom. The zero-order valence-electron chi connectivity index (χ0n) is 15.0. The monoisotopic (exact) mass is 407 g/mol. The number of pyridine rings is 1. The zero-order valence-corrected chi connectivity index (χ0v) is 15.8. The summed E-state index contributed by atoms with van der Waals surface area (Å²) in [7, 11) is 0. The van der Waals surface area contributed by atoms with Crippen molar-refractivity contribution in [2.75, 3.05) is 18.1 Å². The molecule has 11 heteroatoms. The number of aromatic nitrogens is 1. The average Bonchev–Trinajstić information content (AvgIpc) is 2.65. The predicted molar refractivity (Wildman–Crippen MR) is 97.4 cm³/mol. The highest BCUT2D eigenvalue weighted by Gasteiger charge is 2.54. The average molecular weight is 407 g/mol. The quantitative estimate of drug-likeness (QED) is 0.305. The number of ether oxygens (including phenoxy) is 1. The summed E-state index contributed by atoms with van der Waals surface area (Å²) in [5, 5.41) is 11.6. The van der Waals surface area contributed by atoms with E-state index in [1.807, 2.05) is 0 Å². The first-order valence-electron chi connectivity index (χ1n) is 8.35. The number of thioether (sulfide) groups is 1. The molecule has 1 aromatic heterocycles. The number of carbonyl (C=O) groups is 4. The molecular weight excluding hydrogens is 388 g/mol. The lowest BCUT2D eigenvalue weighted by molar-refractivity contribution is -0.684. The highest BCUT2D eigenvalue weighted by Crippen LogP contribution is 2.40. The van der Waals surface area contributed by atoms with Crippen LogP contribution in [0.1, 0.15) is 6.92 Å². The van der Waals surface area contributed by atoms with Crippen LogP contribution in [0.25, 0.3) is 0 Å². The van der Waals surface area contributed by atoms with Crippen LogP contribution in [-0.2, 0) is 30.5 Å². The van der Waals surface area contributed by atoms with Gasteiger partial charge in [-0.1, -0.05) is 0 Å². The number of carboxylic acids is 1. The smallest absolute Gasteiger partial charge is 0.352 e. The number of carboxylic acid groups (broad SMARTS) is 1. The fourth-order valence-corrected chi connectivity index (χ4v) is 4.27.